The molecule has 0 heterocycles. The SMILES string of the molecule is C=COCCCC#CC(=O)OCC. The van der Waals surface area contributed by atoms with Crippen molar-refractivity contribution in [1.82, 2.24) is 0 Å². The smallest absolute Gasteiger partial charge is 0.384 e. The van der Waals surface area contributed by atoms with Crippen molar-refractivity contribution in [2.24, 2.45) is 0 Å². The van der Waals surface area contributed by atoms with Crippen LogP contribution in [0.25, 0.3) is 0 Å². The van der Waals surface area contributed by atoms with Crippen LogP contribution in [0.5, 0.6) is 0 Å². The highest BCUT2D eigenvalue weighted by molar-refractivity contribution is 5.88. The van der Waals surface area contributed by atoms with Crippen LogP contribution in [0.15, 0.2) is 12.8 Å². The molecule has 0 fully saturated rings. The summed E-state index contributed by atoms with van der Waals surface area (Å²) in [4.78, 5) is 10.7. The van der Waals surface area contributed by atoms with Gasteiger partial charge in [-0.25, -0.2) is 4.79 Å². The fourth-order valence-electron chi connectivity index (χ4n) is 0.629. The van der Waals surface area contributed by atoms with Crippen LogP contribution in [-0.2, 0) is 14.3 Å². The third kappa shape index (κ3) is 8.48. The molecule has 0 aromatic heterocycles. The van der Waals surface area contributed by atoms with Crippen molar-refractivity contribution in [3.63, 3.8) is 0 Å². The van der Waals surface area contributed by atoms with E-state index in [9.17, 15) is 4.79 Å². The molecule has 0 spiro atoms. The Morgan fingerprint density at radius 3 is 3.00 bits per heavy atom. The van der Waals surface area contributed by atoms with Crippen LogP contribution in [-0.4, -0.2) is 19.2 Å². The lowest BCUT2D eigenvalue weighted by Crippen LogP contribution is -1.99. The molecule has 0 aromatic carbocycles. The van der Waals surface area contributed by atoms with Gasteiger partial charge in [-0.2, -0.15) is 0 Å². The molecule has 0 aromatic rings. The van der Waals surface area contributed by atoms with Gasteiger partial charge in [-0.3, -0.25) is 0 Å². The van der Waals surface area contributed by atoms with E-state index in [0.29, 0.717) is 19.6 Å². The third-order valence-corrected chi connectivity index (χ3v) is 1.15. The first kappa shape index (κ1) is 11.6. The summed E-state index contributed by atoms with van der Waals surface area (Å²) in [5, 5.41) is 0. The topological polar surface area (TPSA) is 35.5 Å². The number of ether oxygens (including phenoxy) is 2. The summed E-state index contributed by atoms with van der Waals surface area (Å²) in [6, 6.07) is 0. The quantitative estimate of drug-likeness (QED) is 0.212. The third-order valence-electron chi connectivity index (χ3n) is 1.15. The van der Waals surface area contributed by atoms with Crippen molar-refractivity contribution in [2.45, 2.75) is 19.8 Å². The van der Waals surface area contributed by atoms with Crippen LogP contribution in [0.3, 0.4) is 0 Å². The van der Waals surface area contributed by atoms with Gasteiger partial charge in [0.15, 0.2) is 0 Å². The second-order valence-electron chi connectivity index (χ2n) is 2.16. The van der Waals surface area contributed by atoms with Gasteiger partial charge in [0.05, 0.1) is 19.5 Å². The lowest BCUT2D eigenvalue weighted by atomic mass is 10.3. The summed E-state index contributed by atoms with van der Waals surface area (Å²) in [6.07, 6.45) is 2.81. The average molecular weight is 182 g/mol. The first-order chi connectivity index (χ1) is 6.31. The van der Waals surface area contributed by atoms with Crippen molar-refractivity contribution in [3.8, 4) is 11.8 Å². The molecular weight excluding hydrogens is 168 g/mol. The minimum absolute atomic E-state index is 0.368. The summed E-state index contributed by atoms with van der Waals surface area (Å²) < 4.78 is 9.48. The molecule has 0 saturated heterocycles. The van der Waals surface area contributed by atoms with E-state index >= 15 is 0 Å². The van der Waals surface area contributed by atoms with Crippen LogP contribution in [0.4, 0.5) is 0 Å². The van der Waals surface area contributed by atoms with Crippen LogP contribution in [0.2, 0.25) is 0 Å². The van der Waals surface area contributed by atoms with Crippen molar-refractivity contribution in [1.29, 1.82) is 0 Å². The fourth-order valence-corrected chi connectivity index (χ4v) is 0.629. The van der Waals surface area contributed by atoms with E-state index in [0.717, 1.165) is 6.42 Å². The Kier molecular flexibility index (Phi) is 7.71. The maximum absolute atomic E-state index is 10.7. The molecule has 0 N–H and O–H groups in total. The van der Waals surface area contributed by atoms with E-state index in [-0.39, 0.29) is 0 Å². The molecule has 72 valence electrons. The molecule has 0 rings (SSSR count). The second-order valence-corrected chi connectivity index (χ2v) is 2.16. The number of carbonyl (C=O) groups is 1. The molecule has 0 radical (unpaired) electrons. The monoisotopic (exact) mass is 182 g/mol. The predicted molar refractivity (Wildman–Crippen MR) is 49.8 cm³/mol. The first-order valence-electron chi connectivity index (χ1n) is 4.19. The van der Waals surface area contributed by atoms with Gasteiger partial charge in [0.1, 0.15) is 0 Å². The van der Waals surface area contributed by atoms with Crippen molar-refractivity contribution in [2.75, 3.05) is 13.2 Å². The molecule has 0 bridgehead atoms. The summed E-state index contributed by atoms with van der Waals surface area (Å²) in [6.45, 7) is 6.10. The van der Waals surface area contributed by atoms with Crippen LogP contribution in [0, 0.1) is 11.8 Å². The largest absolute Gasteiger partial charge is 0.502 e. The predicted octanol–water partition coefficient (Wildman–Crippen LogP) is 1.49. The maximum atomic E-state index is 10.7. The molecule has 0 aliphatic heterocycles. The average Bonchev–Trinajstić information content (AvgIpc) is 2.11. The Morgan fingerprint density at radius 1 is 1.62 bits per heavy atom. The van der Waals surface area contributed by atoms with E-state index in [1.54, 1.807) is 6.92 Å². The molecule has 0 aliphatic carbocycles. The number of carbonyl (C=O) groups excluding carboxylic acids is 1. The van der Waals surface area contributed by atoms with E-state index in [4.69, 9.17) is 4.74 Å². The van der Waals surface area contributed by atoms with Crippen molar-refractivity contribution < 1.29 is 14.3 Å². The first-order valence-corrected chi connectivity index (χ1v) is 4.19. The van der Waals surface area contributed by atoms with E-state index in [1.165, 1.54) is 6.26 Å². The summed E-state index contributed by atoms with van der Waals surface area (Å²) in [5.74, 6) is 4.59. The Bertz CT molecular complexity index is 210. The Balaban J connectivity index is 3.38. The number of esters is 1. The molecule has 3 nitrogen and oxygen atoms in total. The minimum atomic E-state index is -0.466. The molecule has 0 amide bonds. The van der Waals surface area contributed by atoms with Gasteiger partial charge in [0, 0.05) is 12.3 Å². The zero-order chi connectivity index (χ0) is 9.94. The highest BCUT2D eigenvalue weighted by Gasteiger charge is 1.91. The van der Waals surface area contributed by atoms with Crippen LogP contribution in [0.1, 0.15) is 19.8 Å². The second kappa shape index (κ2) is 8.66. The van der Waals surface area contributed by atoms with Crippen molar-refractivity contribution >= 4 is 5.97 Å². The van der Waals surface area contributed by atoms with Crippen LogP contribution < -0.4 is 0 Å². The number of rotatable bonds is 5. The summed E-state index contributed by atoms with van der Waals surface area (Å²) in [5.41, 5.74) is 0. The van der Waals surface area contributed by atoms with Gasteiger partial charge >= 0.3 is 5.97 Å². The summed E-state index contributed by atoms with van der Waals surface area (Å²) >= 11 is 0. The lowest BCUT2D eigenvalue weighted by molar-refractivity contribution is -0.136. The Labute approximate surface area is 78.7 Å². The highest BCUT2D eigenvalue weighted by atomic mass is 16.5. The molecule has 13 heavy (non-hydrogen) atoms. The van der Waals surface area contributed by atoms with Gasteiger partial charge in [-0.15, -0.1) is 0 Å². The standard InChI is InChI=1S/C10H14O3/c1-3-12-9-7-5-6-8-10(11)13-4-2/h3H,1,4-5,7,9H2,2H3. The molecule has 0 aliphatic rings. The Morgan fingerprint density at radius 2 is 2.38 bits per heavy atom. The highest BCUT2D eigenvalue weighted by Crippen LogP contribution is 1.88. The number of unbranched alkanes of at least 4 members (excludes halogenated alkanes) is 1. The molecule has 0 saturated carbocycles. The minimum Gasteiger partial charge on any atom is -0.502 e. The zero-order valence-electron chi connectivity index (χ0n) is 7.84. The number of hydrogen-bond acceptors (Lipinski definition) is 3. The lowest BCUT2D eigenvalue weighted by Gasteiger charge is -1.94. The van der Waals surface area contributed by atoms with Gasteiger partial charge in [0.2, 0.25) is 0 Å². The molecule has 3 heteroatoms. The molecular formula is C10H14O3. The van der Waals surface area contributed by atoms with E-state index < -0.39 is 5.97 Å². The molecule has 0 unspecified atom stereocenters. The van der Waals surface area contributed by atoms with E-state index in [1.807, 2.05) is 0 Å². The van der Waals surface area contributed by atoms with Gasteiger partial charge in [-0.1, -0.05) is 12.5 Å². The Hall–Kier alpha value is -1.43. The van der Waals surface area contributed by atoms with Gasteiger partial charge < -0.3 is 9.47 Å². The maximum Gasteiger partial charge on any atom is 0.384 e. The summed E-state index contributed by atoms with van der Waals surface area (Å²) in [7, 11) is 0. The zero-order valence-corrected chi connectivity index (χ0v) is 7.84. The molecule has 0 atom stereocenters. The fraction of sp³-hybridized carbons (Fsp3) is 0.500. The normalized spacial score (nSPS) is 8.08. The van der Waals surface area contributed by atoms with Gasteiger partial charge in [-0.05, 0) is 13.3 Å². The van der Waals surface area contributed by atoms with Gasteiger partial charge in [0.25, 0.3) is 0 Å². The van der Waals surface area contributed by atoms with E-state index in [2.05, 4.69) is 23.2 Å². The van der Waals surface area contributed by atoms with Crippen molar-refractivity contribution in [3.05, 3.63) is 12.8 Å². The number of hydrogen-bond donors (Lipinski definition) is 0. The van der Waals surface area contributed by atoms with Crippen LogP contribution >= 0.6 is 0 Å².